The van der Waals surface area contributed by atoms with Gasteiger partial charge in [0.1, 0.15) is 17.4 Å². The molecule has 2 rings (SSSR count). The van der Waals surface area contributed by atoms with E-state index in [1.807, 2.05) is 12.1 Å². The molecular formula is C12H12ClN3O. The number of ether oxygens (including phenoxy) is 1. The third-order valence-electron chi connectivity index (χ3n) is 2.30. The van der Waals surface area contributed by atoms with E-state index in [1.165, 1.54) is 0 Å². The predicted octanol–water partition coefficient (Wildman–Crippen LogP) is 2.70. The normalized spacial score (nSPS) is 10.3. The van der Waals surface area contributed by atoms with Crippen LogP contribution in [-0.2, 0) is 0 Å². The first-order valence-electron chi connectivity index (χ1n) is 5.05. The highest BCUT2D eigenvalue weighted by Crippen LogP contribution is 2.29. The lowest BCUT2D eigenvalue weighted by atomic mass is 10.1. The molecule has 1 heterocycles. The first kappa shape index (κ1) is 11.7. The largest absolute Gasteiger partial charge is 0.495 e. The van der Waals surface area contributed by atoms with Crippen LogP contribution in [-0.4, -0.2) is 17.1 Å². The molecule has 0 atom stereocenters. The maximum atomic E-state index is 5.96. The Morgan fingerprint density at radius 3 is 2.65 bits per heavy atom. The number of halogens is 1. The average molecular weight is 250 g/mol. The summed E-state index contributed by atoms with van der Waals surface area (Å²) in [5.41, 5.74) is 7.34. The Labute approximate surface area is 104 Å². The molecule has 0 saturated carbocycles. The summed E-state index contributed by atoms with van der Waals surface area (Å²) < 4.78 is 5.16. The molecule has 0 fully saturated rings. The number of aromatic nitrogens is 2. The maximum Gasteiger partial charge on any atom is 0.138 e. The zero-order valence-electron chi connectivity index (χ0n) is 9.57. The van der Waals surface area contributed by atoms with Crippen LogP contribution in [0.3, 0.4) is 0 Å². The van der Waals surface area contributed by atoms with Crippen molar-refractivity contribution in [2.75, 3.05) is 12.8 Å². The SMILES string of the molecule is COc1cc(-c2cc(N)nc(C)n2)ccc1Cl. The van der Waals surface area contributed by atoms with Crippen molar-refractivity contribution < 1.29 is 4.74 Å². The minimum Gasteiger partial charge on any atom is -0.495 e. The van der Waals surface area contributed by atoms with Gasteiger partial charge >= 0.3 is 0 Å². The van der Waals surface area contributed by atoms with Gasteiger partial charge in [-0.1, -0.05) is 17.7 Å². The molecular weight excluding hydrogens is 238 g/mol. The van der Waals surface area contributed by atoms with Gasteiger partial charge in [-0.3, -0.25) is 0 Å². The minimum absolute atomic E-state index is 0.446. The van der Waals surface area contributed by atoms with Crippen LogP contribution < -0.4 is 10.5 Å². The van der Waals surface area contributed by atoms with Crippen LogP contribution in [0.4, 0.5) is 5.82 Å². The summed E-state index contributed by atoms with van der Waals surface area (Å²) in [6.45, 7) is 1.80. The Kier molecular flexibility index (Phi) is 3.15. The lowest BCUT2D eigenvalue weighted by Crippen LogP contribution is -1.97. The Balaban J connectivity index is 2.52. The van der Waals surface area contributed by atoms with Crippen LogP contribution in [0, 0.1) is 6.92 Å². The molecule has 1 aromatic heterocycles. The molecule has 17 heavy (non-hydrogen) atoms. The van der Waals surface area contributed by atoms with Crippen LogP contribution in [0.1, 0.15) is 5.82 Å². The number of anilines is 1. The quantitative estimate of drug-likeness (QED) is 0.889. The molecule has 4 nitrogen and oxygen atoms in total. The number of aryl methyl sites for hydroxylation is 1. The molecule has 0 spiro atoms. The summed E-state index contributed by atoms with van der Waals surface area (Å²) in [5, 5.41) is 0.565. The van der Waals surface area contributed by atoms with E-state index in [4.69, 9.17) is 22.1 Å². The minimum atomic E-state index is 0.446. The van der Waals surface area contributed by atoms with Crippen molar-refractivity contribution in [3.8, 4) is 17.0 Å². The van der Waals surface area contributed by atoms with Crippen LogP contribution in [0.5, 0.6) is 5.75 Å². The van der Waals surface area contributed by atoms with Gasteiger partial charge in [0.2, 0.25) is 0 Å². The van der Waals surface area contributed by atoms with E-state index in [1.54, 1.807) is 26.2 Å². The molecule has 88 valence electrons. The number of nitrogens with zero attached hydrogens (tertiary/aromatic N) is 2. The van der Waals surface area contributed by atoms with Crippen molar-refractivity contribution in [3.63, 3.8) is 0 Å². The highest BCUT2D eigenvalue weighted by atomic mass is 35.5. The van der Waals surface area contributed by atoms with Gasteiger partial charge in [0.05, 0.1) is 17.8 Å². The lowest BCUT2D eigenvalue weighted by molar-refractivity contribution is 0.415. The molecule has 0 radical (unpaired) electrons. The van der Waals surface area contributed by atoms with E-state index in [0.29, 0.717) is 22.4 Å². The zero-order valence-corrected chi connectivity index (χ0v) is 10.3. The number of nitrogen functional groups attached to an aromatic ring is 1. The smallest absolute Gasteiger partial charge is 0.138 e. The van der Waals surface area contributed by atoms with Gasteiger partial charge < -0.3 is 10.5 Å². The summed E-state index contributed by atoms with van der Waals surface area (Å²) >= 11 is 5.96. The Hall–Kier alpha value is -1.81. The molecule has 0 saturated heterocycles. The van der Waals surface area contributed by atoms with E-state index >= 15 is 0 Å². The molecule has 1 aromatic carbocycles. The zero-order chi connectivity index (χ0) is 12.4. The van der Waals surface area contributed by atoms with Crippen LogP contribution in [0.2, 0.25) is 5.02 Å². The van der Waals surface area contributed by atoms with Gasteiger partial charge in [-0.2, -0.15) is 0 Å². The van der Waals surface area contributed by atoms with Gasteiger partial charge in [0.25, 0.3) is 0 Å². The van der Waals surface area contributed by atoms with Crippen molar-refractivity contribution in [2.45, 2.75) is 6.92 Å². The van der Waals surface area contributed by atoms with Gasteiger partial charge in [0, 0.05) is 11.6 Å². The fourth-order valence-electron chi connectivity index (χ4n) is 1.56. The second-order valence-corrected chi connectivity index (χ2v) is 3.98. The van der Waals surface area contributed by atoms with E-state index in [-0.39, 0.29) is 0 Å². The van der Waals surface area contributed by atoms with Gasteiger partial charge in [-0.15, -0.1) is 0 Å². The second kappa shape index (κ2) is 4.59. The van der Waals surface area contributed by atoms with Crippen molar-refractivity contribution in [2.24, 2.45) is 0 Å². The fraction of sp³-hybridized carbons (Fsp3) is 0.167. The van der Waals surface area contributed by atoms with E-state index < -0.39 is 0 Å². The molecule has 0 aliphatic heterocycles. The van der Waals surface area contributed by atoms with E-state index in [2.05, 4.69) is 9.97 Å². The topological polar surface area (TPSA) is 61.0 Å². The van der Waals surface area contributed by atoms with Gasteiger partial charge in [-0.25, -0.2) is 9.97 Å². The highest BCUT2D eigenvalue weighted by Gasteiger charge is 2.06. The monoisotopic (exact) mass is 249 g/mol. The third kappa shape index (κ3) is 2.47. The Morgan fingerprint density at radius 1 is 1.24 bits per heavy atom. The number of hydrogen-bond acceptors (Lipinski definition) is 4. The van der Waals surface area contributed by atoms with E-state index in [0.717, 1.165) is 11.3 Å². The molecule has 2 aromatic rings. The number of nitrogens with two attached hydrogens (primary N) is 1. The van der Waals surface area contributed by atoms with Crippen molar-refractivity contribution in [1.82, 2.24) is 9.97 Å². The number of hydrogen-bond donors (Lipinski definition) is 1. The number of benzene rings is 1. The van der Waals surface area contributed by atoms with Gasteiger partial charge in [0.15, 0.2) is 0 Å². The lowest BCUT2D eigenvalue weighted by Gasteiger charge is -2.07. The summed E-state index contributed by atoms with van der Waals surface area (Å²) in [7, 11) is 1.57. The van der Waals surface area contributed by atoms with Crippen molar-refractivity contribution >= 4 is 17.4 Å². The van der Waals surface area contributed by atoms with Crippen LogP contribution >= 0.6 is 11.6 Å². The summed E-state index contributed by atoms with van der Waals surface area (Å²) in [4.78, 5) is 8.35. The molecule has 0 aliphatic rings. The number of methoxy groups -OCH3 is 1. The van der Waals surface area contributed by atoms with Crippen molar-refractivity contribution in [3.05, 3.63) is 35.1 Å². The molecule has 0 bridgehead atoms. The third-order valence-corrected chi connectivity index (χ3v) is 2.62. The summed E-state index contributed by atoms with van der Waals surface area (Å²) in [5.74, 6) is 1.69. The fourth-order valence-corrected chi connectivity index (χ4v) is 1.75. The Bertz CT molecular complexity index is 537. The molecule has 0 amide bonds. The predicted molar refractivity (Wildman–Crippen MR) is 68.2 cm³/mol. The van der Waals surface area contributed by atoms with Crippen LogP contribution in [0.25, 0.3) is 11.3 Å². The molecule has 0 unspecified atom stereocenters. The van der Waals surface area contributed by atoms with Crippen molar-refractivity contribution in [1.29, 1.82) is 0 Å². The van der Waals surface area contributed by atoms with Gasteiger partial charge in [-0.05, 0) is 19.1 Å². The summed E-state index contributed by atoms with van der Waals surface area (Å²) in [6, 6.07) is 7.18. The standard InChI is InChI=1S/C12H12ClN3O/c1-7-15-10(6-12(14)16-7)8-3-4-9(13)11(5-8)17-2/h3-6H,1-2H3,(H2,14,15,16). The average Bonchev–Trinajstić information content (AvgIpc) is 2.28. The highest BCUT2D eigenvalue weighted by molar-refractivity contribution is 6.32. The second-order valence-electron chi connectivity index (χ2n) is 3.57. The first-order valence-corrected chi connectivity index (χ1v) is 5.43. The molecule has 0 aliphatic carbocycles. The van der Waals surface area contributed by atoms with Crippen LogP contribution in [0.15, 0.2) is 24.3 Å². The summed E-state index contributed by atoms with van der Waals surface area (Å²) in [6.07, 6.45) is 0. The maximum absolute atomic E-state index is 5.96. The molecule has 2 N–H and O–H groups in total. The first-order chi connectivity index (χ1) is 8.10. The Morgan fingerprint density at radius 2 is 2.00 bits per heavy atom. The molecule has 5 heteroatoms. The van der Waals surface area contributed by atoms with E-state index in [9.17, 15) is 0 Å². The number of rotatable bonds is 2.